The standard InChI is InChI=1S/2C2H5N.2ClH.2H3N/c2*1-2-3;;;;/h2*2-3H,1H3;2*1H;2*1H3. The molecule has 0 aromatic heterocycles. The maximum Gasteiger partial charge on any atom is -0.00788 e. The van der Waals surface area contributed by atoms with Gasteiger partial charge in [0.2, 0.25) is 0 Å². The molecule has 0 aromatic carbocycles. The Balaban J connectivity index is -0.00000000571. The van der Waals surface area contributed by atoms with Gasteiger partial charge >= 0.3 is 0 Å². The molecule has 0 spiro atoms. The highest BCUT2D eigenvalue weighted by Crippen LogP contribution is 1.17. The van der Waals surface area contributed by atoms with E-state index < -0.39 is 0 Å². The van der Waals surface area contributed by atoms with E-state index in [2.05, 4.69) is 0 Å². The first-order valence-electron chi connectivity index (χ1n) is 1.73. The van der Waals surface area contributed by atoms with Gasteiger partial charge in [0, 0.05) is 0 Å². The Labute approximate surface area is 74.8 Å². The van der Waals surface area contributed by atoms with Gasteiger partial charge < -0.3 is 23.1 Å². The average Bonchev–Trinajstić information content (AvgIpc) is 1.39. The molecule has 4 nitrogen and oxygen atoms in total. The third-order valence-corrected chi connectivity index (χ3v) is 0. The van der Waals surface area contributed by atoms with Crippen LogP contribution in [0.15, 0.2) is 0 Å². The van der Waals surface area contributed by atoms with Crippen molar-refractivity contribution in [2.45, 2.75) is 13.8 Å². The molecule has 0 rings (SSSR count). The Morgan fingerprint density at radius 1 is 0.800 bits per heavy atom. The van der Waals surface area contributed by atoms with E-state index >= 15 is 0 Å². The first-order valence-corrected chi connectivity index (χ1v) is 1.73. The molecular formula is C4H18Cl2N4. The highest BCUT2D eigenvalue weighted by Gasteiger charge is 1.17. The molecule has 0 saturated heterocycles. The van der Waals surface area contributed by atoms with E-state index in [-0.39, 0.29) is 37.1 Å². The fourth-order valence-corrected chi connectivity index (χ4v) is 0. The van der Waals surface area contributed by atoms with Crippen LogP contribution in [0.2, 0.25) is 0 Å². The van der Waals surface area contributed by atoms with Crippen LogP contribution >= 0.6 is 24.8 Å². The van der Waals surface area contributed by atoms with Gasteiger partial charge in [-0.15, -0.1) is 24.8 Å². The van der Waals surface area contributed by atoms with Crippen LogP contribution in [0.3, 0.4) is 0 Å². The van der Waals surface area contributed by atoms with Gasteiger partial charge in [-0.1, -0.05) is 0 Å². The summed E-state index contributed by atoms with van der Waals surface area (Å²) in [7, 11) is 0. The third-order valence-electron chi connectivity index (χ3n) is 0. The lowest BCUT2D eigenvalue weighted by Gasteiger charge is -1.30. The maximum absolute atomic E-state index is 6.08. The zero-order valence-corrected chi connectivity index (χ0v) is 8.02. The van der Waals surface area contributed by atoms with Gasteiger partial charge in [0.1, 0.15) is 0 Å². The first-order chi connectivity index (χ1) is 2.83. The molecule has 0 atom stereocenters. The lowest BCUT2D eigenvalue weighted by Crippen LogP contribution is -1.32. The van der Waals surface area contributed by atoms with E-state index in [0.29, 0.717) is 0 Å². The van der Waals surface area contributed by atoms with Gasteiger partial charge in [-0.05, 0) is 26.3 Å². The number of hydrogen-bond acceptors (Lipinski definition) is 4. The van der Waals surface area contributed by atoms with Crippen LogP contribution in [0.25, 0.3) is 0 Å². The number of nitrogens with one attached hydrogen (secondary N) is 2. The van der Waals surface area contributed by atoms with Gasteiger partial charge in [0.25, 0.3) is 0 Å². The summed E-state index contributed by atoms with van der Waals surface area (Å²) in [6.07, 6.45) is 2.50. The summed E-state index contributed by atoms with van der Waals surface area (Å²) in [6, 6.07) is 0. The molecule has 0 saturated carbocycles. The average molecular weight is 193 g/mol. The van der Waals surface area contributed by atoms with Crippen molar-refractivity contribution in [3.8, 4) is 0 Å². The van der Waals surface area contributed by atoms with Crippen molar-refractivity contribution in [2.75, 3.05) is 0 Å². The summed E-state index contributed by atoms with van der Waals surface area (Å²) in [5.41, 5.74) is 0. The largest absolute Gasteiger partial charge is 0.344 e. The second kappa shape index (κ2) is 160. The van der Waals surface area contributed by atoms with Gasteiger partial charge in [-0.25, -0.2) is 0 Å². The molecule has 0 aliphatic heterocycles. The summed E-state index contributed by atoms with van der Waals surface area (Å²) >= 11 is 0. The molecule has 0 bridgehead atoms. The Morgan fingerprint density at radius 3 is 0.800 bits per heavy atom. The van der Waals surface area contributed by atoms with Crippen molar-refractivity contribution >= 4 is 37.2 Å². The third kappa shape index (κ3) is 14300. The van der Waals surface area contributed by atoms with E-state index in [1.54, 1.807) is 13.8 Å². The van der Waals surface area contributed by atoms with E-state index in [9.17, 15) is 0 Å². The zero-order valence-electron chi connectivity index (χ0n) is 6.39. The predicted molar refractivity (Wildman–Crippen MR) is 53.5 cm³/mol. The molecular weight excluding hydrogens is 175 g/mol. The van der Waals surface area contributed by atoms with E-state index in [0.717, 1.165) is 0 Å². The van der Waals surface area contributed by atoms with E-state index in [1.807, 2.05) is 0 Å². The quantitative estimate of drug-likeness (QED) is 0.442. The summed E-state index contributed by atoms with van der Waals surface area (Å²) in [5, 5.41) is 12.2. The van der Waals surface area contributed by atoms with E-state index in [1.165, 1.54) is 12.4 Å². The smallest absolute Gasteiger partial charge is 0.00788 e. The fourth-order valence-electron chi connectivity index (χ4n) is 0. The summed E-state index contributed by atoms with van der Waals surface area (Å²) in [5.74, 6) is 0. The molecule has 0 fully saturated rings. The lowest BCUT2D eigenvalue weighted by atomic mass is 10.9. The van der Waals surface area contributed by atoms with Crippen LogP contribution < -0.4 is 12.3 Å². The molecule has 0 aromatic rings. The highest BCUT2D eigenvalue weighted by molar-refractivity contribution is 5.85. The normalized spacial score (nSPS) is 2.60. The van der Waals surface area contributed by atoms with Crippen molar-refractivity contribution < 1.29 is 0 Å². The van der Waals surface area contributed by atoms with Crippen molar-refractivity contribution in [3.63, 3.8) is 0 Å². The SMILES string of the molecule is CC=N.CC=N.Cl.Cl.N.N. The molecule has 0 heterocycles. The fraction of sp³-hybridized carbons (Fsp3) is 0.500. The number of hydrogen-bond donors (Lipinski definition) is 4. The highest BCUT2D eigenvalue weighted by atomic mass is 35.5. The molecule has 8 N–H and O–H groups in total. The molecule has 6 heteroatoms. The molecule has 0 aliphatic carbocycles. The molecule has 0 aliphatic rings. The van der Waals surface area contributed by atoms with Crippen LogP contribution in [-0.4, -0.2) is 12.4 Å². The monoisotopic (exact) mass is 192 g/mol. The molecule has 0 amide bonds. The van der Waals surface area contributed by atoms with Crippen LogP contribution in [0, 0.1) is 10.8 Å². The van der Waals surface area contributed by atoms with Crippen molar-refractivity contribution in [1.82, 2.24) is 12.3 Å². The van der Waals surface area contributed by atoms with Gasteiger partial charge in [-0.2, -0.15) is 0 Å². The zero-order chi connectivity index (χ0) is 5.41. The Morgan fingerprint density at radius 2 is 0.800 bits per heavy atom. The van der Waals surface area contributed by atoms with Crippen LogP contribution in [0.4, 0.5) is 0 Å². The van der Waals surface area contributed by atoms with Crippen molar-refractivity contribution in [1.29, 1.82) is 10.8 Å². The van der Waals surface area contributed by atoms with Crippen molar-refractivity contribution in [2.24, 2.45) is 0 Å². The second-order valence-electron chi connectivity index (χ2n) is 0.577. The second-order valence-corrected chi connectivity index (χ2v) is 0.577. The topological polar surface area (TPSA) is 118 Å². The first kappa shape index (κ1) is 52.1. The van der Waals surface area contributed by atoms with Crippen LogP contribution in [0.1, 0.15) is 13.8 Å². The molecule has 68 valence electrons. The number of rotatable bonds is 0. The minimum Gasteiger partial charge on any atom is -0.344 e. The minimum atomic E-state index is 0. The summed E-state index contributed by atoms with van der Waals surface area (Å²) < 4.78 is 0. The van der Waals surface area contributed by atoms with Gasteiger partial charge in [-0.3, -0.25) is 0 Å². The minimum absolute atomic E-state index is 0. The summed E-state index contributed by atoms with van der Waals surface area (Å²) in [6.45, 7) is 3.33. The molecule has 0 radical (unpaired) electrons. The van der Waals surface area contributed by atoms with E-state index in [4.69, 9.17) is 10.8 Å². The number of halogens is 2. The predicted octanol–water partition coefficient (Wildman–Crippen LogP) is 2.48. The molecule has 0 unspecified atom stereocenters. The van der Waals surface area contributed by atoms with Gasteiger partial charge in [0.15, 0.2) is 0 Å². The summed E-state index contributed by atoms with van der Waals surface area (Å²) in [4.78, 5) is 0. The molecule has 10 heavy (non-hydrogen) atoms. The van der Waals surface area contributed by atoms with Crippen molar-refractivity contribution in [3.05, 3.63) is 0 Å². The Bertz CT molecular complexity index is 36.2. The lowest BCUT2D eigenvalue weighted by molar-refractivity contribution is 1.55. The van der Waals surface area contributed by atoms with Crippen LogP contribution in [-0.2, 0) is 0 Å². The van der Waals surface area contributed by atoms with Crippen LogP contribution in [0.5, 0.6) is 0 Å². The Kier molecular flexibility index (Phi) is 837. The Hall–Kier alpha value is -0.160. The van der Waals surface area contributed by atoms with Gasteiger partial charge in [0.05, 0.1) is 0 Å². The maximum atomic E-state index is 6.08.